The Morgan fingerprint density at radius 1 is 1.41 bits per heavy atom. The third-order valence-corrected chi connectivity index (χ3v) is 3.06. The minimum absolute atomic E-state index is 0.144. The third-order valence-electron chi connectivity index (χ3n) is 3.06. The Bertz CT molecular complexity index is 447. The van der Waals surface area contributed by atoms with Crippen molar-refractivity contribution < 1.29 is 14.1 Å². The molecule has 0 radical (unpaired) electrons. The van der Waals surface area contributed by atoms with Crippen LogP contribution in [0.2, 0.25) is 0 Å². The maximum Gasteiger partial charge on any atom is 0.324 e. The highest BCUT2D eigenvalue weighted by Crippen LogP contribution is 2.27. The number of carbonyl (C=O) groups excluding carboxylic acids is 2. The summed E-state index contributed by atoms with van der Waals surface area (Å²) in [5.74, 6) is 0.483. The topological polar surface area (TPSA) is 75.4 Å². The molecule has 1 N–H and O–H groups in total. The third kappa shape index (κ3) is 2.02. The predicted octanol–water partition coefficient (Wildman–Crippen LogP) is 1.29. The Morgan fingerprint density at radius 2 is 2.12 bits per heavy atom. The highest BCUT2D eigenvalue weighted by molar-refractivity contribution is 5.96. The normalized spacial score (nSPS) is 18.2. The van der Waals surface area contributed by atoms with Crippen LogP contribution in [0.25, 0.3) is 0 Å². The number of carbonyl (C=O) groups is 2. The second-order valence-corrected chi connectivity index (χ2v) is 4.21. The first-order valence-corrected chi connectivity index (χ1v) is 5.54. The quantitative estimate of drug-likeness (QED) is 0.841. The molecule has 0 bridgehead atoms. The van der Waals surface area contributed by atoms with Gasteiger partial charge in [0.05, 0.1) is 11.7 Å². The van der Waals surface area contributed by atoms with E-state index in [1.54, 1.807) is 4.90 Å². The van der Waals surface area contributed by atoms with E-state index in [0.717, 1.165) is 11.3 Å². The van der Waals surface area contributed by atoms with E-state index in [2.05, 4.69) is 10.5 Å². The van der Waals surface area contributed by atoms with Crippen LogP contribution in [0.5, 0.6) is 0 Å². The van der Waals surface area contributed by atoms with Crippen molar-refractivity contribution in [2.75, 3.05) is 6.54 Å². The van der Waals surface area contributed by atoms with Crippen LogP contribution in [0.15, 0.2) is 4.52 Å². The number of aromatic nitrogens is 1. The van der Waals surface area contributed by atoms with Gasteiger partial charge in [0.25, 0.3) is 0 Å². The first-order chi connectivity index (χ1) is 8.00. The summed E-state index contributed by atoms with van der Waals surface area (Å²) in [5.41, 5.74) is 1.69. The number of nitrogens with one attached hydrogen (secondary N) is 1. The maximum atomic E-state index is 11.7. The summed E-state index contributed by atoms with van der Waals surface area (Å²) in [6.07, 6.45) is 0.333. The van der Waals surface area contributed by atoms with Gasteiger partial charge in [0, 0.05) is 18.5 Å². The minimum Gasteiger partial charge on any atom is -0.361 e. The lowest BCUT2D eigenvalue weighted by molar-refractivity contribution is -0.121. The Labute approximate surface area is 98.9 Å². The van der Waals surface area contributed by atoms with Gasteiger partial charge in [-0.2, -0.15) is 0 Å². The largest absolute Gasteiger partial charge is 0.361 e. The van der Waals surface area contributed by atoms with E-state index in [-0.39, 0.29) is 18.0 Å². The molecule has 1 unspecified atom stereocenters. The lowest BCUT2D eigenvalue weighted by atomic mass is 10.0. The van der Waals surface area contributed by atoms with Crippen LogP contribution in [0.3, 0.4) is 0 Å². The molecule has 2 rings (SSSR count). The number of hydrogen-bond donors (Lipinski definition) is 1. The first-order valence-electron chi connectivity index (χ1n) is 5.54. The standard InChI is InChI=1S/C11H15N3O3/c1-6-10(8(3)17-13-6)7(2)14-5-4-9(15)12-11(14)16/h7H,4-5H2,1-3H3,(H,12,15,16). The molecular formula is C11H15N3O3. The van der Waals surface area contributed by atoms with Crippen LogP contribution in [-0.4, -0.2) is 28.5 Å². The van der Waals surface area contributed by atoms with Crippen LogP contribution in [-0.2, 0) is 4.79 Å². The van der Waals surface area contributed by atoms with Crippen LogP contribution < -0.4 is 5.32 Å². The van der Waals surface area contributed by atoms with Gasteiger partial charge in [0.1, 0.15) is 5.76 Å². The summed E-state index contributed by atoms with van der Waals surface area (Å²) in [7, 11) is 0. The fourth-order valence-corrected chi connectivity index (χ4v) is 2.19. The zero-order chi connectivity index (χ0) is 12.6. The van der Waals surface area contributed by atoms with Gasteiger partial charge < -0.3 is 9.42 Å². The monoisotopic (exact) mass is 237 g/mol. The summed E-state index contributed by atoms with van der Waals surface area (Å²) in [5, 5.41) is 6.18. The molecule has 0 saturated carbocycles. The van der Waals surface area contributed by atoms with Gasteiger partial charge in [-0.05, 0) is 20.8 Å². The predicted molar refractivity (Wildman–Crippen MR) is 59.3 cm³/mol. The second kappa shape index (κ2) is 4.20. The van der Waals surface area contributed by atoms with Crippen molar-refractivity contribution in [1.82, 2.24) is 15.4 Å². The van der Waals surface area contributed by atoms with Crippen LogP contribution in [0.4, 0.5) is 4.79 Å². The molecule has 1 aliphatic rings. The fraction of sp³-hybridized carbons (Fsp3) is 0.545. The molecule has 1 fully saturated rings. The molecule has 3 amide bonds. The Hall–Kier alpha value is -1.85. The van der Waals surface area contributed by atoms with Crippen LogP contribution >= 0.6 is 0 Å². The highest BCUT2D eigenvalue weighted by Gasteiger charge is 2.30. The van der Waals surface area contributed by atoms with E-state index >= 15 is 0 Å². The Kier molecular flexibility index (Phi) is 2.87. The van der Waals surface area contributed by atoms with E-state index in [0.29, 0.717) is 18.7 Å². The lowest BCUT2D eigenvalue weighted by Gasteiger charge is -2.32. The number of aryl methyl sites for hydroxylation is 2. The average Bonchev–Trinajstić information content (AvgIpc) is 2.58. The molecule has 1 atom stereocenters. The number of urea groups is 1. The maximum absolute atomic E-state index is 11.7. The van der Waals surface area contributed by atoms with Crippen molar-refractivity contribution in [3.05, 3.63) is 17.0 Å². The fourth-order valence-electron chi connectivity index (χ4n) is 2.19. The average molecular weight is 237 g/mol. The molecule has 1 aromatic rings. The summed E-state index contributed by atoms with van der Waals surface area (Å²) in [6, 6.07) is -0.497. The molecule has 2 heterocycles. The van der Waals surface area contributed by atoms with Gasteiger partial charge >= 0.3 is 6.03 Å². The molecule has 6 heteroatoms. The van der Waals surface area contributed by atoms with Gasteiger partial charge in [-0.1, -0.05) is 5.16 Å². The number of amides is 3. The van der Waals surface area contributed by atoms with E-state index in [1.807, 2.05) is 20.8 Å². The zero-order valence-corrected chi connectivity index (χ0v) is 10.1. The molecule has 1 aliphatic heterocycles. The van der Waals surface area contributed by atoms with Crippen molar-refractivity contribution in [2.45, 2.75) is 33.2 Å². The molecule has 0 aliphatic carbocycles. The van der Waals surface area contributed by atoms with E-state index in [4.69, 9.17) is 4.52 Å². The van der Waals surface area contributed by atoms with Crippen molar-refractivity contribution in [3.63, 3.8) is 0 Å². The van der Waals surface area contributed by atoms with Gasteiger partial charge in [0.2, 0.25) is 5.91 Å². The summed E-state index contributed by atoms with van der Waals surface area (Å²) in [4.78, 5) is 24.4. The molecule has 92 valence electrons. The van der Waals surface area contributed by atoms with Crippen molar-refractivity contribution in [2.24, 2.45) is 0 Å². The van der Waals surface area contributed by atoms with Crippen LogP contribution in [0, 0.1) is 13.8 Å². The molecule has 17 heavy (non-hydrogen) atoms. The highest BCUT2D eigenvalue weighted by atomic mass is 16.5. The SMILES string of the molecule is Cc1noc(C)c1C(C)N1CCC(=O)NC1=O. The zero-order valence-electron chi connectivity index (χ0n) is 10.1. The van der Waals surface area contributed by atoms with Gasteiger partial charge in [-0.15, -0.1) is 0 Å². The molecular weight excluding hydrogens is 222 g/mol. The molecule has 1 aromatic heterocycles. The van der Waals surface area contributed by atoms with Gasteiger partial charge in [0.15, 0.2) is 0 Å². The number of nitrogens with zero attached hydrogens (tertiary/aromatic N) is 2. The molecule has 1 saturated heterocycles. The van der Waals surface area contributed by atoms with Gasteiger partial charge in [-0.25, -0.2) is 4.79 Å². The van der Waals surface area contributed by atoms with E-state index < -0.39 is 0 Å². The molecule has 6 nitrogen and oxygen atoms in total. The number of rotatable bonds is 2. The second-order valence-electron chi connectivity index (χ2n) is 4.21. The van der Waals surface area contributed by atoms with Gasteiger partial charge in [-0.3, -0.25) is 10.1 Å². The lowest BCUT2D eigenvalue weighted by Crippen LogP contribution is -2.50. The van der Waals surface area contributed by atoms with Crippen molar-refractivity contribution in [3.8, 4) is 0 Å². The Morgan fingerprint density at radius 3 is 2.65 bits per heavy atom. The molecule has 0 aromatic carbocycles. The summed E-state index contributed by atoms with van der Waals surface area (Å²) in [6.45, 7) is 5.99. The van der Waals surface area contributed by atoms with E-state index in [1.165, 1.54) is 0 Å². The minimum atomic E-state index is -0.353. The van der Waals surface area contributed by atoms with E-state index in [9.17, 15) is 9.59 Å². The summed E-state index contributed by atoms with van der Waals surface area (Å²) >= 11 is 0. The summed E-state index contributed by atoms with van der Waals surface area (Å²) < 4.78 is 5.09. The first kappa shape index (κ1) is 11.6. The number of hydrogen-bond acceptors (Lipinski definition) is 4. The molecule has 0 spiro atoms. The van der Waals surface area contributed by atoms with Crippen molar-refractivity contribution >= 4 is 11.9 Å². The van der Waals surface area contributed by atoms with Crippen LogP contribution in [0.1, 0.15) is 36.4 Å². The van der Waals surface area contributed by atoms with Crippen molar-refractivity contribution in [1.29, 1.82) is 0 Å². The Balaban J connectivity index is 2.23. The number of imide groups is 1. The smallest absolute Gasteiger partial charge is 0.324 e.